The van der Waals surface area contributed by atoms with Crippen LogP contribution in [0.25, 0.3) is 0 Å². The maximum absolute atomic E-state index is 13.7. The highest BCUT2D eigenvalue weighted by Crippen LogP contribution is 2.31. The van der Waals surface area contributed by atoms with Gasteiger partial charge in [0.15, 0.2) is 11.6 Å². The minimum atomic E-state index is -1.03. The average Bonchev–Trinajstić information content (AvgIpc) is 2.19. The van der Waals surface area contributed by atoms with Gasteiger partial charge in [-0.1, -0.05) is 26.8 Å². The summed E-state index contributed by atoms with van der Waals surface area (Å²) in [5, 5.41) is 8.78. The van der Waals surface area contributed by atoms with E-state index < -0.39 is 23.0 Å². The maximum atomic E-state index is 13.7. The Morgan fingerprint density at radius 3 is 2.41 bits per heavy atom. The van der Waals surface area contributed by atoms with Crippen molar-refractivity contribution in [3.05, 3.63) is 34.9 Å². The quantitative estimate of drug-likeness (QED) is 0.879. The third-order valence-electron chi connectivity index (χ3n) is 2.82. The summed E-state index contributed by atoms with van der Waals surface area (Å²) in [7, 11) is 0. The van der Waals surface area contributed by atoms with Crippen molar-refractivity contribution in [2.24, 2.45) is 0 Å². The van der Waals surface area contributed by atoms with Crippen molar-refractivity contribution in [3.8, 4) is 0 Å². The van der Waals surface area contributed by atoms with Crippen LogP contribution in [-0.4, -0.2) is 11.1 Å². The largest absolute Gasteiger partial charge is 0.481 e. The first-order valence-electron chi connectivity index (χ1n) is 5.48. The molecule has 0 aliphatic heterocycles. The second-order valence-corrected chi connectivity index (χ2v) is 4.75. The minimum absolute atomic E-state index is 0.122. The van der Waals surface area contributed by atoms with Crippen LogP contribution in [0.1, 0.15) is 38.3 Å². The van der Waals surface area contributed by atoms with Gasteiger partial charge in [-0.25, -0.2) is 8.78 Å². The number of hydrogen-bond acceptors (Lipinski definition) is 1. The van der Waals surface area contributed by atoms with Crippen LogP contribution in [0.4, 0.5) is 8.78 Å². The normalized spacial score (nSPS) is 11.6. The highest BCUT2D eigenvalue weighted by molar-refractivity contribution is 5.69. The van der Waals surface area contributed by atoms with Gasteiger partial charge in [-0.2, -0.15) is 0 Å². The number of aryl methyl sites for hydroxylation is 1. The van der Waals surface area contributed by atoms with Gasteiger partial charge in [0, 0.05) is 5.41 Å². The van der Waals surface area contributed by atoms with Crippen LogP contribution in [-0.2, 0) is 16.6 Å². The molecular weight excluding hydrogens is 226 g/mol. The van der Waals surface area contributed by atoms with Gasteiger partial charge in [0.05, 0.1) is 6.42 Å². The molecule has 0 heterocycles. The molecule has 1 N–H and O–H groups in total. The number of rotatable bonds is 4. The van der Waals surface area contributed by atoms with E-state index in [-0.39, 0.29) is 12.0 Å². The second-order valence-electron chi connectivity index (χ2n) is 4.75. The molecule has 0 aromatic heterocycles. The lowest BCUT2D eigenvalue weighted by atomic mass is 9.80. The summed E-state index contributed by atoms with van der Waals surface area (Å²) >= 11 is 0. The van der Waals surface area contributed by atoms with Gasteiger partial charge in [-0.3, -0.25) is 4.79 Å². The van der Waals surface area contributed by atoms with Crippen LogP contribution >= 0.6 is 0 Å². The molecule has 0 saturated carbocycles. The zero-order valence-electron chi connectivity index (χ0n) is 10.2. The van der Waals surface area contributed by atoms with Crippen molar-refractivity contribution in [1.29, 1.82) is 0 Å². The van der Waals surface area contributed by atoms with Crippen LogP contribution in [0.3, 0.4) is 0 Å². The highest BCUT2D eigenvalue weighted by Gasteiger charge is 2.29. The first kappa shape index (κ1) is 13.6. The summed E-state index contributed by atoms with van der Waals surface area (Å²) in [6.07, 6.45) is 0.337. The van der Waals surface area contributed by atoms with Gasteiger partial charge in [-0.05, 0) is 23.6 Å². The van der Waals surface area contributed by atoms with Gasteiger partial charge in [0.25, 0.3) is 0 Å². The second kappa shape index (κ2) is 4.82. The van der Waals surface area contributed by atoms with E-state index in [1.807, 2.05) is 6.92 Å². The molecule has 0 fully saturated rings. The Kier molecular flexibility index (Phi) is 3.86. The predicted molar refractivity (Wildman–Crippen MR) is 61.0 cm³/mol. The van der Waals surface area contributed by atoms with Crippen LogP contribution in [0.5, 0.6) is 0 Å². The van der Waals surface area contributed by atoms with Crippen LogP contribution in [0.15, 0.2) is 12.1 Å². The lowest BCUT2D eigenvalue weighted by molar-refractivity contribution is -0.138. The molecule has 1 aromatic rings. The standard InChI is InChI=1S/C13H16F2O2/c1-4-8-5-9(12(15)10(14)6-8)13(2,3)7-11(16)17/h5-6H,4,7H2,1-3H3,(H,16,17). The van der Waals surface area contributed by atoms with Gasteiger partial charge >= 0.3 is 5.97 Å². The molecule has 0 spiro atoms. The lowest BCUT2D eigenvalue weighted by Crippen LogP contribution is -2.24. The lowest BCUT2D eigenvalue weighted by Gasteiger charge is -2.24. The van der Waals surface area contributed by atoms with Crippen molar-refractivity contribution in [1.82, 2.24) is 0 Å². The molecule has 0 bridgehead atoms. The SMILES string of the molecule is CCc1cc(F)c(F)c(C(C)(C)CC(=O)O)c1. The van der Waals surface area contributed by atoms with E-state index in [1.54, 1.807) is 19.9 Å². The van der Waals surface area contributed by atoms with Crippen LogP contribution in [0, 0.1) is 11.6 Å². The van der Waals surface area contributed by atoms with Crippen molar-refractivity contribution in [3.63, 3.8) is 0 Å². The topological polar surface area (TPSA) is 37.3 Å². The number of benzene rings is 1. The minimum Gasteiger partial charge on any atom is -0.481 e. The van der Waals surface area contributed by atoms with Gasteiger partial charge in [0.1, 0.15) is 0 Å². The Balaban J connectivity index is 3.28. The van der Waals surface area contributed by atoms with Gasteiger partial charge in [0.2, 0.25) is 0 Å². The van der Waals surface area contributed by atoms with Crippen molar-refractivity contribution in [2.75, 3.05) is 0 Å². The smallest absolute Gasteiger partial charge is 0.304 e. The molecule has 0 radical (unpaired) electrons. The van der Waals surface area contributed by atoms with E-state index in [0.29, 0.717) is 12.0 Å². The summed E-state index contributed by atoms with van der Waals surface area (Å²) in [5.41, 5.74) is -0.142. The third-order valence-corrected chi connectivity index (χ3v) is 2.82. The van der Waals surface area contributed by atoms with Crippen molar-refractivity contribution < 1.29 is 18.7 Å². The van der Waals surface area contributed by atoms with E-state index in [1.165, 1.54) is 0 Å². The zero-order chi connectivity index (χ0) is 13.2. The fourth-order valence-corrected chi connectivity index (χ4v) is 1.82. The van der Waals surface area contributed by atoms with E-state index in [9.17, 15) is 13.6 Å². The van der Waals surface area contributed by atoms with Crippen LogP contribution < -0.4 is 0 Å². The molecule has 2 nitrogen and oxygen atoms in total. The van der Waals surface area contributed by atoms with E-state index in [2.05, 4.69) is 0 Å². The Hall–Kier alpha value is -1.45. The summed E-state index contributed by atoms with van der Waals surface area (Å²) in [4.78, 5) is 10.7. The average molecular weight is 242 g/mol. The molecule has 94 valence electrons. The summed E-state index contributed by atoms with van der Waals surface area (Å²) in [5.74, 6) is -2.90. The number of halogens is 2. The monoisotopic (exact) mass is 242 g/mol. The summed E-state index contributed by atoms with van der Waals surface area (Å²) in [6.45, 7) is 5.03. The van der Waals surface area contributed by atoms with E-state index in [0.717, 1.165) is 6.07 Å². The Morgan fingerprint density at radius 1 is 1.35 bits per heavy atom. The first-order valence-corrected chi connectivity index (χ1v) is 5.48. The first-order chi connectivity index (χ1) is 7.77. The summed E-state index contributed by atoms with van der Waals surface area (Å²) in [6, 6.07) is 2.69. The number of carboxylic acid groups (broad SMARTS) is 1. The van der Waals surface area contributed by atoms with Crippen LogP contribution in [0.2, 0.25) is 0 Å². The molecular formula is C13H16F2O2. The van der Waals surface area contributed by atoms with Gasteiger partial charge < -0.3 is 5.11 Å². The number of aliphatic carboxylic acids is 1. The number of carbonyl (C=O) groups is 1. The molecule has 0 aliphatic carbocycles. The molecule has 1 aromatic carbocycles. The Morgan fingerprint density at radius 2 is 1.94 bits per heavy atom. The predicted octanol–water partition coefficient (Wildman–Crippen LogP) is 3.28. The molecule has 0 aliphatic rings. The third kappa shape index (κ3) is 3.02. The molecule has 0 amide bonds. The van der Waals surface area contributed by atoms with E-state index >= 15 is 0 Å². The van der Waals surface area contributed by atoms with E-state index in [4.69, 9.17) is 5.11 Å². The Labute approximate surface area is 99.3 Å². The fourth-order valence-electron chi connectivity index (χ4n) is 1.82. The molecule has 17 heavy (non-hydrogen) atoms. The molecule has 0 saturated heterocycles. The Bertz CT molecular complexity index is 439. The zero-order valence-corrected chi connectivity index (χ0v) is 10.2. The summed E-state index contributed by atoms with van der Waals surface area (Å²) < 4.78 is 27.1. The number of hydrogen-bond donors (Lipinski definition) is 1. The van der Waals surface area contributed by atoms with Gasteiger partial charge in [-0.15, -0.1) is 0 Å². The molecule has 4 heteroatoms. The molecule has 0 atom stereocenters. The maximum Gasteiger partial charge on any atom is 0.304 e. The van der Waals surface area contributed by atoms with Crippen molar-refractivity contribution in [2.45, 2.75) is 39.0 Å². The highest BCUT2D eigenvalue weighted by atomic mass is 19.2. The fraction of sp³-hybridized carbons (Fsp3) is 0.462. The molecule has 1 rings (SSSR count). The molecule has 0 unspecified atom stereocenters. The number of carboxylic acids is 1. The van der Waals surface area contributed by atoms with Crippen molar-refractivity contribution >= 4 is 5.97 Å².